The van der Waals surface area contributed by atoms with Crippen LogP contribution >= 0.6 is 23.1 Å². The standard InChI is InChI=1S/C61H54N16O3S2/c1-37-68-72-76(70-37)55(39-9-5-3-6-10-39)41-19-25-74(26-20-41)57(51-31-45(17-23-62-51)60-66-49-29-43(13-15-53(49)79-60)47-33-64-81-35-47)59(78)58(75-27-21-42(22-28-75)56(40-11-7-4-8-12-40)77-71-38(2)69-73-77)52-32-46(18-24-63-52)61-67-50-30-44(14-16-54(50)80-61)48-34-65-82-36-48/h3-18,23-24,29-36,41-42,55-58H,19-22,25-28H2,1-2H3/t55?,56?,57-,58-/m1/s1. The van der Waals surface area contributed by atoms with E-state index in [1.165, 1.54) is 23.1 Å². The number of hydrogen-bond acceptors (Lipinski definition) is 19. The average molecular weight is 1120 g/mol. The van der Waals surface area contributed by atoms with Crippen molar-refractivity contribution in [1.29, 1.82) is 0 Å². The van der Waals surface area contributed by atoms with Crippen LogP contribution in [0.5, 0.6) is 0 Å². The quantitative estimate of drug-likeness (QED) is 0.0879. The van der Waals surface area contributed by atoms with Crippen LogP contribution < -0.4 is 0 Å². The van der Waals surface area contributed by atoms with Gasteiger partial charge in [0.15, 0.2) is 28.6 Å². The first-order valence-corrected chi connectivity index (χ1v) is 29.2. The van der Waals surface area contributed by atoms with Gasteiger partial charge in [-0.05, 0) is 182 Å². The summed E-state index contributed by atoms with van der Waals surface area (Å²) in [7, 11) is 0. The van der Waals surface area contributed by atoms with Crippen LogP contribution in [0.4, 0.5) is 0 Å². The second kappa shape index (κ2) is 22.2. The summed E-state index contributed by atoms with van der Waals surface area (Å²) in [5.41, 5.74) is 11.6. The lowest BCUT2D eigenvalue weighted by atomic mass is 9.83. The summed E-state index contributed by atoms with van der Waals surface area (Å²) in [4.78, 5) is 45.1. The van der Waals surface area contributed by atoms with Crippen molar-refractivity contribution >= 4 is 51.0 Å². The molecule has 2 unspecified atom stereocenters. The van der Waals surface area contributed by atoms with E-state index in [9.17, 15) is 0 Å². The minimum atomic E-state index is -0.813. The number of oxazole rings is 2. The Bertz CT molecular complexity index is 3880. The van der Waals surface area contributed by atoms with Crippen molar-refractivity contribution in [3.63, 3.8) is 0 Å². The Morgan fingerprint density at radius 1 is 0.524 bits per heavy atom. The van der Waals surface area contributed by atoms with Gasteiger partial charge in [0, 0.05) is 57.8 Å². The van der Waals surface area contributed by atoms with E-state index in [4.69, 9.17) is 39.0 Å². The highest BCUT2D eigenvalue weighted by atomic mass is 32.1. The van der Waals surface area contributed by atoms with E-state index in [0.717, 1.165) is 70.1 Å². The minimum Gasteiger partial charge on any atom is -0.436 e. The molecule has 0 bridgehead atoms. The lowest BCUT2D eigenvalue weighted by molar-refractivity contribution is -0.132. The molecule has 12 aromatic rings. The molecule has 2 aliphatic heterocycles. The van der Waals surface area contributed by atoms with Gasteiger partial charge in [0.1, 0.15) is 35.2 Å². The van der Waals surface area contributed by atoms with Gasteiger partial charge in [-0.3, -0.25) is 24.6 Å². The van der Waals surface area contributed by atoms with Gasteiger partial charge >= 0.3 is 0 Å². The van der Waals surface area contributed by atoms with E-state index in [1.807, 2.05) is 110 Å². The lowest BCUT2D eigenvalue weighted by Crippen LogP contribution is -2.48. The monoisotopic (exact) mass is 1120 g/mol. The summed E-state index contributed by atoms with van der Waals surface area (Å²) in [5, 5.41) is 31.1. The van der Waals surface area contributed by atoms with E-state index < -0.39 is 12.1 Å². The summed E-state index contributed by atoms with van der Waals surface area (Å²) < 4.78 is 21.6. The number of pyridine rings is 2. The number of rotatable bonds is 16. The molecule has 0 spiro atoms. The fourth-order valence-electron chi connectivity index (χ4n) is 12.1. The van der Waals surface area contributed by atoms with Gasteiger partial charge < -0.3 is 8.83 Å². The van der Waals surface area contributed by atoms with E-state index >= 15 is 4.79 Å². The molecule has 10 heterocycles. The Morgan fingerprint density at radius 2 is 0.963 bits per heavy atom. The molecule has 4 aromatic carbocycles. The number of likely N-dealkylation sites (tertiary alicyclic amines) is 2. The maximum atomic E-state index is 16.7. The van der Waals surface area contributed by atoms with E-state index in [-0.39, 0.29) is 29.7 Å². The van der Waals surface area contributed by atoms with Crippen molar-refractivity contribution < 1.29 is 13.6 Å². The van der Waals surface area contributed by atoms with Crippen molar-refractivity contribution in [2.24, 2.45) is 11.8 Å². The summed E-state index contributed by atoms with van der Waals surface area (Å²) in [6.07, 6.45) is 10.2. The molecular weight excluding hydrogens is 1070 g/mol. The van der Waals surface area contributed by atoms with Crippen LogP contribution in [0.1, 0.15) is 84.0 Å². The number of fused-ring (bicyclic) bond motifs is 2. The van der Waals surface area contributed by atoms with Gasteiger partial charge in [0.25, 0.3) is 0 Å². The number of piperidine rings is 2. The first-order chi connectivity index (χ1) is 40.3. The average Bonchev–Trinajstić information content (AvgIpc) is 4.48. The van der Waals surface area contributed by atoms with Gasteiger partial charge in [0.2, 0.25) is 11.8 Å². The third-order valence-corrected chi connectivity index (χ3v) is 17.2. The van der Waals surface area contributed by atoms with Crippen molar-refractivity contribution in [1.82, 2.24) is 78.9 Å². The molecule has 0 aliphatic carbocycles. The van der Waals surface area contributed by atoms with E-state index in [0.29, 0.717) is 83.3 Å². The molecule has 2 fully saturated rings. The summed E-state index contributed by atoms with van der Waals surface area (Å²) in [6, 6.07) is 38.5. The van der Waals surface area contributed by atoms with Crippen LogP contribution in [0.2, 0.25) is 0 Å². The SMILES string of the molecule is Cc1nnn(C(c2ccccc2)C2CCN([C@@H](C(=O)[C@@H](c3cc(-c4nc5cc(-c6cnsc6)ccc5o4)ccn3)N3CCC(C(c4ccccc4)n4nnc(C)n4)CC3)c3cc(-c4nc5cc(-c6cnsc6)ccc5o4)ccn3)CC2)n1. The molecule has 14 rings (SSSR count). The Balaban J connectivity index is 0.852. The lowest BCUT2D eigenvalue weighted by Gasteiger charge is -2.43. The van der Waals surface area contributed by atoms with Crippen molar-refractivity contribution in [3.05, 3.63) is 191 Å². The predicted molar refractivity (Wildman–Crippen MR) is 310 cm³/mol. The minimum absolute atomic E-state index is 0.0503. The molecular formula is C61H54N16O3S2. The number of aryl methyl sites for hydroxylation is 2. The molecule has 82 heavy (non-hydrogen) atoms. The molecule has 0 N–H and O–H groups in total. The zero-order chi connectivity index (χ0) is 55.1. The maximum absolute atomic E-state index is 16.7. The first-order valence-electron chi connectivity index (χ1n) is 27.5. The van der Waals surface area contributed by atoms with Gasteiger partial charge in [-0.25, -0.2) is 18.7 Å². The van der Waals surface area contributed by atoms with Crippen molar-refractivity contribution in [2.45, 2.75) is 63.7 Å². The number of Topliss-reactive ketones (excluding diaryl/α,β-unsaturated/α-hetero) is 1. The maximum Gasteiger partial charge on any atom is 0.227 e. The Labute approximate surface area is 479 Å². The number of carbonyl (C=O) groups excluding carboxylic acids is 1. The second-order valence-corrected chi connectivity index (χ2v) is 22.5. The Kier molecular flexibility index (Phi) is 13.9. The molecule has 2 aliphatic rings. The fraction of sp³-hybridized carbons (Fsp3) is 0.262. The summed E-state index contributed by atoms with van der Waals surface area (Å²) >= 11 is 2.81. The number of tetrazole rings is 2. The zero-order valence-electron chi connectivity index (χ0n) is 44.8. The van der Waals surface area contributed by atoms with Crippen LogP contribution in [0, 0.1) is 25.7 Å². The molecule has 21 heteroatoms. The second-order valence-electron chi connectivity index (χ2n) is 21.1. The number of nitrogens with zero attached hydrogens (tertiary/aromatic N) is 16. The van der Waals surface area contributed by atoms with Gasteiger partial charge in [0.05, 0.1) is 11.4 Å². The largest absolute Gasteiger partial charge is 0.436 e. The molecule has 19 nitrogen and oxygen atoms in total. The number of ketones is 1. The van der Waals surface area contributed by atoms with Crippen LogP contribution in [-0.4, -0.2) is 111 Å². The van der Waals surface area contributed by atoms with Gasteiger partial charge in [-0.2, -0.15) is 9.59 Å². The highest BCUT2D eigenvalue weighted by Crippen LogP contribution is 2.42. The molecule has 0 radical (unpaired) electrons. The first kappa shape index (κ1) is 51.3. The summed E-state index contributed by atoms with van der Waals surface area (Å²) in [6.45, 7) is 6.07. The van der Waals surface area contributed by atoms with Crippen LogP contribution in [0.15, 0.2) is 166 Å². The zero-order valence-corrected chi connectivity index (χ0v) is 46.5. The molecule has 0 saturated carbocycles. The highest BCUT2D eigenvalue weighted by molar-refractivity contribution is 7.04. The smallest absolute Gasteiger partial charge is 0.227 e. The number of benzene rings is 4. The molecule has 2 saturated heterocycles. The predicted octanol–water partition coefficient (Wildman–Crippen LogP) is 11.3. The Morgan fingerprint density at radius 3 is 1.35 bits per heavy atom. The number of aromatic nitrogens is 14. The molecule has 8 aromatic heterocycles. The highest BCUT2D eigenvalue weighted by Gasteiger charge is 2.43. The molecule has 408 valence electrons. The molecule has 0 amide bonds. The van der Waals surface area contributed by atoms with Crippen molar-refractivity contribution in [3.8, 4) is 45.2 Å². The number of hydrogen-bond donors (Lipinski definition) is 0. The summed E-state index contributed by atoms with van der Waals surface area (Å²) in [5.74, 6) is 2.31. The van der Waals surface area contributed by atoms with Crippen LogP contribution in [0.3, 0.4) is 0 Å². The fourth-order valence-corrected chi connectivity index (χ4v) is 13.2. The van der Waals surface area contributed by atoms with Gasteiger partial charge in [-0.1, -0.05) is 72.8 Å². The van der Waals surface area contributed by atoms with E-state index in [2.05, 4.69) is 87.7 Å². The topological polar surface area (TPSA) is 214 Å². The normalized spacial score (nSPS) is 16.4. The third-order valence-electron chi connectivity index (χ3n) is 16.1. The van der Waals surface area contributed by atoms with Crippen molar-refractivity contribution in [2.75, 3.05) is 26.2 Å². The third kappa shape index (κ3) is 10.2. The number of carbonyl (C=O) groups is 1. The van der Waals surface area contributed by atoms with Gasteiger partial charge in [-0.15, -0.1) is 20.4 Å². The van der Waals surface area contributed by atoms with E-state index in [1.54, 1.807) is 22.0 Å². The van der Waals surface area contributed by atoms with Crippen LogP contribution in [-0.2, 0) is 4.79 Å². The Hall–Kier alpha value is -8.89. The molecule has 4 atom stereocenters. The van der Waals surface area contributed by atoms with Crippen LogP contribution in [0.25, 0.3) is 67.4 Å².